The number of hydrogen-bond donors (Lipinski definition) is 2. The maximum Gasteiger partial charge on any atom is 0.153 e. The zero-order chi connectivity index (χ0) is 13.0. The van der Waals surface area contributed by atoms with Crippen LogP contribution in [0, 0.1) is 0 Å². The van der Waals surface area contributed by atoms with Crippen molar-refractivity contribution in [3.63, 3.8) is 0 Å². The molecule has 1 aromatic heterocycles. The maximum atomic E-state index is 8.52. The van der Waals surface area contributed by atoms with Gasteiger partial charge in [-0.2, -0.15) is 0 Å². The minimum Gasteiger partial charge on any atom is -0.409 e. The molecule has 0 radical (unpaired) electrons. The van der Waals surface area contributed by atoms with Crippen molar-refractivity contribution < 1.29 is 5.21 Å². The smallest absolute Gasteiger partial charge is 0.153 e. The standard InChI is InChI=1S/C13H16N4O/c1-17(9-13(14)16-18)8-10-4-5-12-11(7-10)3-2-6-15-12/h2-7,18H,8-9H2,1H3,(H2,14,16). The van der Waals surface area contributed by atoms with E-state index in [1.54, 1.807) is 6.20 Å². The average Bonchev–Trinajstić information content (AvgIpc) is 2.38. The van der Waals surface area contributed by atoms with Gasteiger partial charge in [-0.05, 0) is 30.8 Å². The fraction of sp³-hybridized carbons (Fsp3) is 0.231. The lowest BCUT2D eigenvalue weighted by atomic mass is 10.1. The Morgan fingerprint density at radius 3 is 3.06 bits per heavy atom. The quantitative estimate of drug-likeness (QED) is 0.369. The van der Waals surface area contributed by atoms with E-state index in [9.17, 15) is 0 Å². The van der Waals surface area contributed by atoms with Gasteiger partial charge in [0.05, 0.1) is 12.1 Å². The topological polar surface area (TPSA) is 74.7 Å². The van der Waals surface area contributed by atoms with Crippen LogP contribution in [0.4, 0.5) is 0 Å². The Morgan fingerprint density at radius 1 is 1.44 bits per heavy atom. The number of benzene rings is 1. The first-order valence-electron chi connectivity index (χ1n) is 5.67. The van der Waals surface area contributed by atoms with Gasteiger partial charge in [-0.3, -0.25) is 9.88 Å². The number of rotatable bonds is 4. The Hall–Kier alpha value is -2.14. The van der Waals surface area contributed by atoms with Gasteiger partial charge in [-0.25, -0.2) is 0 Å². The van der Waals surface area contributed by atoms with Crippen LogP contribution in [0.25, 0.3) is 10.9 Å². The van der Waals surface area contributed by atoms with Crippen molar-refractivity contribution in [3.8, 4) is 0 Å². The number of pyridine rings is 1. The number of nitrogens with two attached hydrogens (primary N) is 1. The Bertz CT molecular complexity index is 568. The lowest BCUT2D eigenvalue weighted by molar-refractivity contribution is 0.308. The molecule has 3 N–H and O–H groups in total. The van der Waals surface area contributed by atoms with Crippen LogP contribution in [0.3, 0.4) is 0 Å². The highest BCUT2D eigenvalue weighted by atomic mass is 16.4. The Balaban J connectivity index is 2.12. The minimum absolute atomic E-state index is 0.208. The summed E-state index contributed by atoms with van der Waals surface area (Å²) < 4.78 is 0. The highest BCUT2D eigenvalue weighted by Gasteiger charge is 2.04. The summed E-state index contributed by atoms with van der Waals surface area (Å²) in [5.41, 5.74) is 7.62. The second-order valence-corrected chi connectivity index (χ2v) is 4.29. The van der Waals surface area contributed by atoms with E-state index in [0.29, 0.717) is 6.54 Å². The van der Waals surface area contributed by atoms with Crippen molar-refractivity contribution in [1.29, 1.82) is 0 Å². The monoisotopic (exact) mass is 244 g/mol. The van der Waals surface area contributed by atoms with E-state index < -0.39 is 0 Å². The molecule has 0 amide bonds. The molecule has 0 aliphatic heterocycles. The molecule has 18 heavy (non-hydrogen) atoms. The maximum absolute atomic E-state index is 8.52. The van der Waals surface area contributed by atoms with Gasteiger partial charge in [0.25, 0.3) is 0 Å². The van der Waals surface area contributed by atoms with E-state index >= 15 is 0 Å². The number of aromatic nitrogens is 1. The molecule has 5 heteroatoms. The van der Waals surface area contributed by atoms with Crippen molar-refractivity contribution in [1.82, 2.24) is 9.88 Å². The number of amidine groups is 1. The highest BCUT2D eigenvalue weighted by molar-refractivity contribution is 5.81. The molecular weight excluding hydrogens is 228 g/mol. The van der Waals surface area contributed by atoms with Crippen molar-refractivity contribution in [2.75, 3.05) is 13.6 Å². The molecule has 2 aromatic rings. The number of nitrogens with zero attached hydrogens (tertiary/aromatic N) is 3. The molecular formula is C13H16N4O. The van der Waals surface area contributed by atoms with Crippen molar-refractivity contribution in [2.24, 2.45) is 10.9 Å². The third-order valence-corrected chi connectivity index (χ3v) is 2.68. The van der Waals surface area contributed by atoms with Crippen LogP contribution < -0.4 is 5.73 Å². The van der Waals surface area contributed by atoms with Crippen LogP contribution in [-0.2, 0) is 6.54 Å². The van der Waals surface area contributed by atoms with Crippen LogP contribution in [0.2, 0.25) is 0 Å². The molecule has 0 aliphatic rings. The van der Waals surface area contributed by atoms with Gasteiger partial charge in [0, 0.05) is 18.1 Å². The van der Waals surface area contributed by atoms with Gasteiger partial charge in [-0.1, -0.05) is 17.3 Å². The molecule has 0 bridgehead atoms. The highest BCUT2D eigenvalue weighted by Crippen LogP contribution is 2.14. The fourth-order valence-corrected chi connectivity index (χ4v) is 1.90. The number of fused-ring (bicyclic) bond motifs is 1. The summed E-state index contributed by atoms with van der Waals surface area (Å²) in [4.78, 5) is 6.26. The molecule has 0 spiro atoms. The minimum atomic E-state index is 0.208. The average molecular weight is 244 g/mol. The van der Waals surface area contributed by atoms with E-state index in [-0.39, 0.29) is 5.84 Å². The molecule has 1 heterocycles. The van der Waals surface area contributed by atoms with E-state index in [2.05, 4.69) is 16.2 Å². The van der Waals surface area contributed by atoms with E-state index in [4.69, 9.17) is 10.9 Å². The number of likely N-dealkylation sites (N-methyl/N-ethyl adjacent to an activating group) is 1. The summed E-state index contributed by atoms with van der Waals surface area (Å²) in [7, 11) is 1.92. The summed E-state index contributed by atoms with van der Waals surface area (Å²) in [6.07, 6.45) is 1.78. The third-order valence-electron chi connectivity index (χ3n) is 2.68. The zero-order valence-electron chi connectivity index (χ0n) is 10.2. The Labute approximate surface area is 106 Å². The molecule has 0 atom stereocenters. The molecule has 0 unspecified atom stereocenters. The summed E-state index contributed by atoms with van der Waals surface area (Å²) in [6, 6.07) is 10.1. The van der Waals surface area contributed by atoms with E-state index in [1.807, 2.05) is 36.2 Å². The van der Waals surface area contributed by atoms with Gasteiger partial charge in [0.1, 0.15) is 0 Å². The Morgan fingerprint density at radius 2 is 2.28 bits per heavy atom. The molecule has 1 aromatic carbocycles. The van der Waals surface area contributed by atoms with E-state index in [0.717, 1.165) is 17.4 Å². The first-order valence-corrected chi connectivity index (χ1v) is 5.67. The number of oxime groups is 1. The lowest BCUT2D eigenvalue weighted by Gasteiger charge is -2.15. The zero-order valence-corrected chi connectivity index (χ0v) is 10.2. The summed E-state index contributed by atoms with van der Waals surface area (Å²) in [5, 5.41) is 12.6. The first kappa shape index (κ1) is 12.3. The van der Waals surface area contributed by atoms with Gasteiger partial charge in [0.15, 0.2) is 5.84 Å². The summed E-state index contributed by atoms with van der Waals surface area (Å²) in [5.74, 6) is 0.208. The van der Waals surface area contributed by atoms with Gasteiger partial charge < -0.3 is 10.9 Å². The molecule has 0 fully saturated rings. The van der Waals surface area contributed by atoms with Crippen LogP contribution >= 0.6 is 0 Å². The molecule has 0 saturated carbocycles. The largest absolute Gasteiger partial charge is 0.409 e. The van der Waals surface area contributed by atoms with Crippen molar-refractivity contribution >= 4 is 16.7 Å². The SMILES string of the molecule is CN(CC(N)=NO)Cc1ccc2ncccc2c1. The normalized spacial score (nSPS) is 12.2. The molecule has 5 nitrogen and oxygen atoms in total. The molecule has 0 aliphatic carbocycles. The summed E-state index contributed by atoms with van der Waals surface area (Å²) in [6.45, 7) is 1.17. The Kier molecular flexibility index (Phi) is 3.74. The second-order valence-electron chi connectivity index (χ2n) is 4.29. The predicted octanol–water partition coefficient (Wildman–Crippen LogP) is 1.41. The van der Waals surface area contributed by atoms with Crippen LogP contribution in [0.5, 0.6) is 0 Å². The predicted molar refractivity (Wildman–Crippen MR) is 71.5 cm³/mol. The van der Waals surface area contributed by atoms with Crippen molar-refractivity contribution in [3.05, 3.63) is 42.1 Å². The first-order chi connectivity index (χ1) is 8.69. The van der Waals surface area contributed by atoms with Gasteiger partial charge in [0.2, 0.25) is 0 Å². The fourth-order valence-electron chi connectivity index (χ4n) is 1.90. The summed E-state index contributed by atoms with van der Waals surface area (Å²) >= 11 is 0. The molecule has 94 valence electrons. The van der Waals surface area contributed by atoms with Crippen LogP contribution in [0.15, 0.2) is 41.7 Å². The molecule has 2 rings (SSSR count). The second kappa shape index (κ2) is 5.46. The number of hydrogen-bond acceptors (Lipinski definition) is 4. The third kappa shape index (κ3) is 2.95. The van der Waals surface area contributed by atoms with Crippen LogP contribution in [-0.4, -0.2) is 34.5 Å². The van der Waals surface area contributed by atoms with Gasteiger partial charge in [-0.15, -0.1) is 0 Å². The van der Waals surface area contributed by atoms with Crippen molar-refractivity contribution in [2.45, 2.75) is 6.54 Å². The van der Waals surface area contributed by atoms with E-state index in [1.165, 1.54) is 5.56 Å². The lowest BCUT2D eigenvalue weighted by Crippen LogP contribution is -2.30. The molecule has 0 saturated heterocycles. The van der Waals surface area contributed by atoms with Crippen LogP contribution in [0.1, 0.15) is 5.56 Å². The van der Waals surface area contributed by atoms with Gasteiger partial charge >= 0.3 is 0 Å².